The number of benzene rings is 3. The molecule has 0 aliphatic carbocycles. The van der Waals surface area contributed by atoms with Gasteiger partial charge in [-0.3, -0.25) is 4.79 Å². The molecule has 0 aliphatic heterocycles. The van der Waals surface area contributed by atoms with Crippen molar-refractivity contribution in [2.24, 2.45) is 0 Å². The number of ether oxygens (including phenoxy) is 1. The van der Waals surface area contributed by atoms with Gasteiger partial charge in [0.25, 0.3) is 5.91 Å². The van der Waals surface area contributed by atoms with Gasteiger partial charge in [-0.15, -0.1) is 0 Å². The molecule has 5 heteroatoms. The van der Waals surface area contributed by atoms with Crippen LogP contribution in [0.3, 0.4) is 0 Å². The fraction of sp³-hybridized carbons (Fsp3) is 0.0870. The van der Waals surface area contributed by atoms with Gasteiger partial charge in [0, 0.05) is 5.69 Å². The number of hydrogen-bond acceptors (Lipinski definition) is 4. The van der Waals surface area contributed by atoms with Crippen LogP contribution in [0.25, 0.3) is 16.8 Å². The number of rotatable bonds is 5. The van der Waals surface area contributed by atoms with Gasteiger partial charge in [0.2, 0.25) is 0 Å². The van der Waals surface area contributed by atoms with E-state index in [-0.39, 0.29) is 5.57 Å². The summed E-state index contributed by atoms with van der Waals surface area (Å²) in [6, 6.07) is 21.8. The summed E-state index contributed by atoms with van der Waals surface area (Å²) in [6.07, 6.45) is 1.57. The molecule has 0 heterocycles. The maximum atomic E-state index is 12.5. The first kappa shape index (κ1) is 18.9. The van der Waals surface area contributed by atoms with Crippen molar-refractivity contribution >= 4 is 34.4 Å². The van der Waals surface area contributed by atoms with Crippen LogP contribution in [0.15, 0.2) is 72.3 Å². The monoisotopic (exact) mass is 370 g/mol. The molecule has 3 rings (SSSR count). The second kappa shape index (κ2) is 8.65. The zero-order valence-corrected chi connectivity index (χ0v) is 15.3. The molecule has 0 aliphatic rings. The van der Waals surface area contributed by atoms with Crippen molar-refractivity contribution in [3.05, 3.63) is 83.4 Å². The van der Waals surface area contributed by atoms with Crippen molar-refractivity contribution in [1.29, 1.82) is 5.26 Å². The highest BCUT2D eigenvalue weighted by Crippen LogP contribution is 2.21. The molecule has 0 unspecified atom stereocenters. The van der Waals surface area contributed by atoms with Gasteiger partial charge < -0.3 is 10.1 Å². The van der Waals surface area contributed by atoms with E-state index in [1.165, 1.54) is 0 Å². The lowest BCUT2D eigenvalue weighted by Crippen LogP contribution is -2.13. The first-order valence-electron chi connectivity index (χ1n) is 8.80. The lowest BCUT2D eigenvalue weighted by molar-refractivity contribution is -0.112. The largest absolute Gasteiger partial charge is 0.462 e. The Morgan fingerprint density at radius 2 is 1.75 bits per heavy atom. The van der Waals surface area contributed by atoms with Gasteiger partial charge in [-0.05, 0) is 53.6 Å². The van der Waals surface area contributed by atoms with E-state index < -0.39 is 11.9 Å². The lowest BCUT2D eigenvalue weighted by Gasteiger charge is -2.07. The van der Waals surface area contributed by atoms with Gasteiger partial charge in [0.1, 0.15) is 11.6 Å². The van der Waals surface area contributed by atoms with Crippen LogP contribution in [0.1, 0.15) is 22.8 Å². The van der Waals surface area contributed by atoms with E-state index in [4.69, 9.17) is 4.74 Å². The Morgan fingerprint density at radius 3 is 2.46 bits per heavy atom. The van der Waals surface area contributed by atoms with Gasteiger partial charge in [0.05, 0.1) is 12.2 Å². The average Bonchev–Trinajstić information content (AvgIpc) is 2.72. The molecule has 5 nitrogen and oxygen atoms in total. The molecule has 1 N–H and O–H groups in total. The molecule has 138 valence electrons. The highest BCUT2D eigenvalue weighted by atomic mass is 16.5. The second-order valence-corrected chi connectivity index (χ2v) is 5.99. The molecule has 0 bridgehead atoms. The van der Waals surface area contributed by atoms with E-state index in [1.807, 2.05) is 48.5 Å². The molecule has 0 radical (unpaired) electrons. The number of hydrogen-bond donors (Lipinski definition) is 1. The molecule has 0 fully saturated rings. The summed E-state index contributed by atoms with van der Waals surface area (Å²) in [6.45, 7) is 2.03. The highest BCUT2D eigenvalue weighted by molar-refractivity contribution is 6.10. The first-order valence-corrected chi connectivity index (χ1v) is 8.80. The van der Waals surface area contributed by atoms with E-state index in [1.54, 1.807) is 37.3 Å². The van der Waals surface area contributed by atoms with Gasteiger partial charge in [-0.2, -0.15) is 5.26 Å². The summed E-state index contributed by atoms with van der Waals surface area (Å²) < 4.78 is 4.93. The van der Waals surface area contributed by atoms with Gasteiger partial charge >= 0.3 is 5.97 Å². The minimum Gasteiger partial charge on any atom is -0.462 e. The fourth-order valence-corrected chi connectivity index (χ4v) is 2.78. The van der Waals surface area contributed by atoms with Gasteiger partial charge in [-0.25, -0.2) is 4.79 Å². The summed E-state index contributed by atoms with van der Waals surface area (Å²) in [5.74, 6) is -0.937. The molecule has 3 aromatic carbocycles. The van der Waals surface area contributed by atoms with Crippen LogP contribution in [0.5, 0.6) is 0 Å². The Morgan fingerprint density at radius 1 is 1.04 bits per heavy atom. The number of amides is 1. The number of fused-ring (bicyclic) bond motifs is 1. The Kier molecular flexibility index (Phi) is 5.83. The minimum atomic E-state index is -0.515. The van der Waals surface area contributed by atoms with E-state index in [0.717, 1.165) is 16.3 Å². The van der Waals surface area contributed by atoms with Crippen LogP contribution in [-0.4, -0.2) is 18.5 Å². The van der Waals surface area contributed by atoms with Crippen molar-refractivity contribution in [1.82, 2.24) is 0 Å². The Bertz CT molecular complexity index is 1090. The molecule has 0 saturated carbocycles. The minimum absolute atomic E-state index is 0.00850. The Labute approximate surface area is 162 Å². The maximum absolute atomic E-state index is 12.5. The SMILES string of the molecule is CCOC(=O)c1ccc(NC(=O)C(C#N)=Cc2cccc3ccccc23)cc1. The van der Waals surface area contributed by atoms with Crippen LogP contribution >= 0.6 is 0 Å². The molecule has 3 aromatic rings. The Hall–Kier alpha value is -3.91. The standard InChI is InChI=1S/C23H18N2O3/c1-2-28-23(27)17-10-12-20(13-11-17)25-22(26)19(15-24)14-18-8-5-7-16-6-3-4-9-21(16)18/h3-14H,2H2,1H3,(H,25,26). The van der Waals surface area contributed by atoms with Crippen molar-refractivity contribution in [3.8, 4) is 6.07 Å². The number of carbonyl (C=O) groups excluding carboxylic acids is 2. The number of nitriles is 1. The zero-order chi connectivity index (χ0) is 19.9. The summed E-state index contributed by atoms with van der Waals surface area (Å²) in [4.78, 5) is 24.2. The third kappa shape index (κ3) is 4.25. The summed E-state index contributed by atoms with van der Waals surface area (Å²) in [5, 5.41) is 14.1. The normalized spacial score (nSPS) is 10.9. The van der Waals surface area contributed by atoms with Crippen LogP contribution in [0.4, 0.5) is 5.69 Å². The van der Waals surface area contributed by atoms with Gasteiger partial charge in [-0.1, -0.05) is 42.5 Å². The number of anilines is 1. The fourth-order valence-electron chi connectivity index (χ4n) is 2.78. The van der Waals surface area contributed by atoms with E-state index in [0.29, 0.717) is 17.9 Å². The molecule has 0 aromatic heterocycles. The summed E-state index contributed by atoms with van der Waals surface area (Å²) in [5.41, 5.74) is 1.66. The lowest BCUT2D eigenvalue weighted by atomic mass is 10.0. The number of carbonyl (C=O) groups is 2. The highest BCUT2D eigenvalue weighted by Gasteiger charge is 2.12. The second-order valence-electron chi connectivity index (χ2n) is 5.99. The van der Waals surface area contributed by atoms with E-state index in [9.17, 15) is 14.9 Å². The van der Waals surface area contributed by atoms with Crippen LogP contribution in [-0.2, 0) is 9.53 Å². The number of nitrogens with one attached hydrogen (secondary N) is 1. The van der Waals surface area contributed by atoms with Crippen molar-refractivity contribution in [2.75, 3.05) is 11.9 Å². The maximum Gasteiger partial charge on any atom is 0.338 e. The molecule has 0 atom stereocenters. The Balaban J connectivity index is 1.81. The smallest absolute Gasteiger partial charge is 0.338 e. The van der Waals surface area contributed by atoms with Crippen LogP contribution in [0.2, 0.25) is 0 Å². The number of nitrogens with zero attached hydrogens (tertiary/aromatic N) is 1. The van der Waals surface area contributed by atoms with Crippen molar-refractivity contribution in [3.63, 3.8) is 0 Å². The topological polar surface area (TPSA) is 79.2 Å². The average molecular weight is 370 g/mol. The molecule has 0 spiro atoms. The van der Waals surface area contributed by atoms with Crippen LogP contribution in [0, 0.1) is 11.3 Å². The first-order chi connectivity index (χ1) is 13.6. The number of esters is 1. The molecular weight excluding hydrogens is 352 g/mol. The van der Waals surface area contributed by atoms with E-state index in [2.05, 4.69) is 5.32 Å². The predicted molar refractivity (Wildman–Crippen MR) is 109 cm³/mol. The van der Waals surface area contributed by atoms with Crippen LogP contribution < -0.4 is 5.32 Å². The molecule has 1 amide bonds. The third-order valence-electron chi connectivity index (χ3n) is 4.14. The van der Waals surface area contributed by atoms with Crippen molar-refractivity contribution in [2.45, 2.75) is 6.92 Å². The molecular formula is C23H18N2O3. The summed E-state index contributed by atoms with van der Waals surface area (Å²) in [7, 11) is 0. The predicted octanol–water partition coefficient (Wildman–Crippen LogP) is 4.56. The van der Waals surface area contributed by atoms with Crippen molar-refractivity contribution < 1.29 is 14.3 Å². The third-order valence-corrected chi connectivity index (χ3v) is 4.14. The zero-order valence-electron chi connectivity index (χ0n) is 15.3. The summed E-state index contributed by atoms with van der Waals surface area (Å²) >= 11 is 0. The quantitative estimate of drug-likeness (QED) is 0.406. The molecule has 0 saturated heterocycles. The molecule has 28 heavy (non-hydrogen) atoms. The van der Waals surface area contributed by atoms with Gasteiger partial charge in [0.15, 0.2) is 0 Å². The van der Waals surface area contributed by atoms with E-state index >= 15 is 0 Å².